The third-order valence-corrected chi connectivity index (χ3v) is 3.82. The zero-order chi connectivity index (χ0) is 12.4. The van der Waals surface area contributed by atoms with Crippen LogP contribution in [0.3, 0.4) is 0 Å². The lowest BCUT2D eigenvalue weighted by Crippen LogP contribution is -2.35. The van der Waals surface area contributed by atoms with Crippen LogP contribution in [0.25, 0.3) is 0 Å². The lowest BCUT2D eigenvalue weighted by Gasteiger charge is -2.33. The number of ether oxygens (including phenoxy) is 1. The van der Waals surface area contributed by atoms with Gasteiger partial charge >= 0.3 is 0 Å². The molecule has 2 rings (SSSR count). The standard InChI is InChI=1S/C15H23NO/c1-11(2)16-12(3)9-10-14(16)13-7-5-6-8-15(13)17-4/h5-8,11-12,14H,9-10H2,1-4H3. The highest BCUT2D eigenvalue weighted by Gasteiger charge is 2.34. The zero-order valence-electron chi connectivity index (χ0n) is 11.3. The topological polar surface area (TPSA) is 12.5 Å². The molecule has 0 radical (unpaired) electrons. The largest absolute Gasteiger partial charge is 0.496 e. The van der Waals surface area contributed by atoms with Gasteiger partial charge in [0.25, 0.3) is 0 Å². The smallest absolute Gasteiger partial charge is 0.123 e. The maximum atomic E-state index is 5.49. The predicted octanol–water partition coefficient (Wildman–Crippen LogP) is 3.63. The molecule has 1 aliphatic rings. The van der Waals surface area contributed by atoms with E-state index in [2.05, 4.69) is 43.9 Å². The molecule has 1 fully saturated rings. The van der Waals surface area contributed by atoms with Crippen LogP contribution in [0.4, 0.5) is 0 Å². The second-order valence-corrected chi connectivity index (χ2v) is 5.23. The van der Waals surface area contributed by atoms with Crippen molar-refractivity contribution in [1.82, 2.24) is 4.90 Å². The molecule has 2 unspecified atom stereocenters. The van der Waals surface area contributed by atoms with Crippen molar-refractivity contribution in [1.29, 1.82) is 0 Å². The number of benzene rings is 1. The minimum absolute atomic E-state index is 0.515. The van der Waals surface area contributed by atoms with Gasteiger partial charge in [0.2, 0.25) is 0 Å². The summed E-state index contributed by atoms with van der Waals surface area (Å²) in [5, 5.41) is 0. The van der Waals surface area contributed by atoms with E-state index in [9.17, 15) is 0 Å². The number of hydrogen-bond acceptors (Lipinski definition) is 2. The number of nitrogens with zero attached hydrogens (tertiary/aromatic N) is 1. The Labute approximate surface area is 105 Å². The van der Waals surface area contributed by atoms with Crippen LogP contribution >= 0.6 is 0 Å². The van der Waals surface area contributed by atoms with Gasteiger partial charge in [-0.15, -0.1) is 0 Å². The number of methoxy groups -OCH3 is 1. The Hall–Kier alpha value is -1.02. The van der Waals surface area contributed by atoms with Gasteiger partial charge in [-0.1, -0.05) is 18.2 Å². The fourth-order valence-corrected chi connectivity index (χ4v) is 3.13. The van der Waals surface area contributed by atoms with E-state index in [1.807, 2.05) is 6.07 Å². The van der Waals surface area contributed by atoms with E-state index in [0.29, 0.717) is 18.1 Å². The first-order valence-corrected chi connectivity index (χ1v) is 6.55. The molecule has 0 N–H and O–H groups in total. The molecule has 0 aliphatic carbocycles. The first-order chi connectivity index (χ1) is 8.15. The Bertz CT molecular complexity index is 375. The summed E-state index contributed by atoms with van der Waals surface area (Å²) in [7, 11) is 1.76. The van der Waals surface area contributed by atoms with Crippen LogP contribution in [0.2, 0.25) is 0 Å². The molecule has 0 spiro atoms. The molecular formula is C15H23NO. The Kier molecular flexibility index (Phi) is 3.72. The monoisotopic (exact) mass is 233 g/mol. The first kappa shape index (κ1) is 12.4. The number of para-hydroxylation sites is 1. The maximum Gasteiger partial charge on any atom is 0.123 e. The highest BCUT2D eigenvalue weighted by Crippen LogP contribution is 2.40. The molecule has 2 heteroatoms. The number of rotatable bonds is 3. The molecule has 2 nitrogen and oxygen atoms in total. The van der Waals surface area contributed by atoms with Crippen molar-refractivity contribution in [2.75, 3.05) is 7.11 Å². The van der Waals surface area contributed by atoms with Crippen molar-refractivity contribution in [3.05, 3.63) is 29.8 Å². The molecule has 0 amide bonds. The molecule has 0 saturated carbocycles. The van der Waals surface area contributed by atoms with Crippen LogP contribution in [-0.4, -0.2) is 24.1 Å². The van der Waals surface area contributed by atoms with Crippen LogP contribution in [-0.2, 0) is 0 Å². The van der Waals surface area contributed by atoms with E-state index in [1.54, 1.807) is 7.11 Å². The van der Waals surface area contributed by atoms with E-state index < -0.39 is 0 Å². The van der Waals surface area contributed by atoms with Gasteiger partial charge in [-0.05, 0) is 39.7 Å². The molecule has 17 heavy (non-hydrogen) atoms. The van der Waals surface area contributed by atoms with Crippen LogP contribution in [0.1, 0.15) is 45.2 Å². The Morgan fingerprint density at radius 3 is 2.59 bits per heavy atom. The van der Waals surface area contributed by atoms with Crippen LogP contribution in [0, 0.1) is 0 Å². The Balaban J connectivity index is 2.32. The molecule has 2 atom stereocenters. The normalized spacial score (nSPS) is 25.5. The average molecular weight is 233 g/mol. The highest BCUT2D eigenvalue weighted by molar-refractivity contribution is 5.36. The fourth-order valence-electron chi connectivity index (χ4n) is 3.13. The molecular weight excluding hydrogens is 210 g/mol. The van der Waals surface area contributed by atoms with Gasteiger partial charge in [-0.25, -0.2) is 0 Å². The van der Waals surface area contributed by atoms with Gasteiger partial charge in [0.05, 0.1) is 7.11 Å². The second-order valence-electron chi connectivity index (χ2n) is 5.23. The van der Waals surface area contributed by atoms with E-state index in [0.717, 1.165) is 5.75 Å². The van der Waals surface area contributed by atoms with Gasteiger partial charge in [0.1, 0.15) is 5.75 Å². The van der Waals surface area contributed by atoms with E-state index in [4.69, 9.17) is 4.74 Å². The zero-order valence-corrected chi connectivity index (χ0v) is 11.3. The van der Waals surface area contributed by atoms with Gasteiger partial charge in [-0.3, -0.25) is 4.90 Å². The van der Waals surface area contributed by atoms with Gasteiger partial charge in [-0.2, -0.15) is 0 Å². The SMILES string of the molecule is COc1ccccc1C1CCC(C)N1C(C)C. The van der Waals surface area contributed by atoms with E-state index >= 15 is 0 Å². The third kappa shape index (κ3) is 2.32. The van der Waals surface area contributed by atoms with Gasteiger partial charge in [0, 0.05) is 23.7 Å². The molecule has 1 saturated heterocycles. The molecule has 0 bridgehead atoms. The number of likely N-dealkylation sites (tertiary alicyclic amines) is 1. The summed E-state index contributed by atoms with van der Waals surface area (Å²) in [6, 6.07) is 10.2. The summed E-state index contributed by atoms with van der Waals surface area (Å²) in [6.07, 6.45) is 2.51. The van der Waals surface area contributed by atoms with Crippen LogP contribution < -0.4 is 4.74 Å². The summed E-state index contributed by atoms with van der Waals surface area (Å²) in [5.74, 6) is 1.03. The molecule has 1 aliphatic heterocycles. The summed E-state index contributed by atoms with van der Waals surface area (Å²) < 4.78 is 5.49. The maximum absolute atomic E-state index is 5.49. The molecule has 0 aromatic heterocycles. The predicted molar refractivity (Wildman–Crippen MR) is 71.4 cm³/mol. The van der Waals surface area contributed by atoms with E-state index in [1.165, 1.54) is 18.4 Å². The summed E-state index contributed by atoms with van der Waals surface area (Å²) >= 11 is 0. The van der Waals surface area contributed by atoms with Crippen molar-refractivity contribution in [3.63, 3.8) is 0 Å². The molecule has 1 aromatic rings. The number of hydrogen-bond donors (Lipinski definition) is 0. The molecule has 1 aromatic carbocycles. The average Bonchev–Trinajstić information content (AvgIpc) is 2.71. The summed E-state index contributed by atoms with van der Waals surface area (Å²) in [4.78, 5) is 2.61. The molecule has 94 valence electrons. The van der Waals surface area contributed by atoms with Crippen molar-refractivity contribution >= 4 is 0 Å². The van der Waals surface area contributed by atoms with Crippen molar-refractivity contribution in [2.45, 2.75) is 51.7 Å². The van der Waals surface area contributed by atoms with Crippen molar-refractivity contribution in [3.8, 4) is 5.75 Å². The third-order valence-electron chi connectivity index (χ3n) is 3.82. The summed E-state index contributed by atoms with van der Waals surface area (Å²) in [6.45, 7) is 6.89. The Morgan fingerprint density at radius 2 is 1.94 bits per heavy atom. The second kappa shape index (κ2) is 5.09. The van der Waals surface area contributed by atoms with E-state index in [-0.39, 0.29) is 0 Å². The van der Waals surface area contributed by atoms with Gasteiger partial charge < -0.3 is 4.74 Å². The first-order valence-electron chi connectivity index (χ1n) is 6.55. The Morgan fingerprint density at radius 1 is 1.24 bits per heavy atom. The minimum atomic E-state index is 0.515. The van der Waals surface area contributed by atoms with Gasteiger partial charge in [0.15, 0.2) is 0 Å². The minimum Gasteiger partial charge on any atom is -0.496 e. The summed E-state index contributed by atoms with van der Waals surface area (Å²) in [5.41, 5.74) is 1.34. The van der Waals surface area contributed by atoms with Crippen LogP contribution in [0.15, 0.2) is 24.3 Å². The molecule has 1 heterocycles. The highest BCUT2D eigenvalue weighted by atomic mass is 16.5. The van der Waals surface area contributed by atoms with Crippen LogP contribution in [0.5, 0.6) is 5.75 Å². The quantitative estimate of drug-likeness (QED) is 0.790. The lowest BCUT2D eigenvalue weighted by molar-refractivity contribution is 0.155. The fraction of sp³-hybridized carbons (Fsp3) is 0.600. The lowest BCUT2D eigenvalue weighted by atomic mass is 10.0. The van der Waals surface area contributed by atoms with Crippen molar-refractivity contribution in [2.24, 2.45) is 0 Å². The van der Waals surface area contributed by atoms with Crippen molar-refractivity contribution < 1.29 is 4.74 Å².